The topological polar surface area (TPSA) is 70.2 Å². The Morgan fingerprint density at radius 2 is 1.67 bits per heavy atom. The Bertz CT molecular complexity index is 908. The van der Waals surface area contributed by atoms with Crippen LogP contribution in [-0.4, -0.2) is 11.9 Å². The van der Waals surface area contributed by atoms with Gasteiger partial charge in [0.05, 0.1) is 17.2 Å². The summed E-state index contributed by atoms with van der Waals surface area (Å²) >= 11 is 0. The number of alkyl halides is 3. The molecular formula is C19H16F3N3O2. The van der Waals surface area contributed by atoms with Crippen molar-refractivity contribution in [2.45, 2.75) is 19.1 Å². The number of nitrogens with one attached hydrogen (secondary N) is 3. The highest BCUT2D eigenvalue weighted by molar-refractivity contribution is 6.06. The van der Waals surface area contributed by atoms with Crippen LogP contribution in [0.25, 0.3) is 0 Å². The normalized spacial score (nSPS) is 17.2. The van der Waals surface area contributed by atoms with Crippen LogP contribution in [0.15, 0.2) is 65.9 Å². The van der Waals surface area contributed by atoms with Gasteiger partial charge in [0.1, 0.15) is 0 Å². The number of carbonyl (C=O) groups excluding carboxylic acids is 2. The molecule has 0 unspecified atom stereocenters. The van der Waals surface area contributed by atoms with Gasteiger partial charge in [0.25, 0.3) is 5.91 Å². The Balaban J connectivity index is 2.04. The molecule has 0 saturated carbocycles. The predicted octanol–water partition coefficient (Wildman–Crippen LogP) is 3.97. The van der Waals surface area contributed by atoms with E-state index in [-0.39, 0.29) is 16.8 Å². The molecule has 1 aliphatic heterocycles. The second-order valence-corrected chi connectivity index (χ2v) is 5.98. The molecule has 1 aliphatic rings. The van der Waals surface area contributed by atoms with Gasteiger partial charge in [-0.15, -0.1) is 0 Å². The van der Waals surface area contributed by atoms with Crippen LogP contribution in [-0.2, 0) is 11.0 Å². The maximum atomic E-state index is 13.4. The van der Waals surface area contributed by atoms with Gasteiger partial charge in [0.2, 0.25) is 0 Å². The molecule has 3 rings (SSSR count). The third kappa shape index (κ3) is 3.94. The number of halogens is 3. The average molecular weight is 375 g/mol. The van der Waals surface area contributed by atoms with Crippen molar-refractivity contribution >= 4 is 17.6 Å². The second-order valence-electron chi connectivity index (χ2n) is 5.98. The molecule has 0 fully saturated rings. The van der Waals surface area contributed by atoms with E-state index in [1.54, 1.807) is 30.3 Å². The van der Waals surface area contributed by atoms with E-state index >= 15 is 0 Å². The van der Waals surface area contributed by atoms with E-state index in [2.05, 4.69) is 16.0 Å². The Hall–Kier alpha value is -3.29. The summed E-state index contributed by atoms with van der Waals surface area (Å²) in [6, 6.07) is 11.5. The van der Waals surface area contributed by atoms with Crippen molar-refractivity contribution in [3.63, 3.8) is 0 Å². The molecule has 0 saturated heterocycles. The van der Waals surface area contributed by atoms with Gasteiger partial charge in [-0.1, -0.05) is 36.4 Å². The molecule has 2 aromatic rings. The van der Waals surface area contributed by atoms with Crippen molar-refractivity contribution in [1.82, 2.24) is 10.6 Å². The number of allylic oxidation sites excluding steroid dienone is 1. The van der Waals surface area contributed by atoms with E-state index < -0.39 is 29.7 Å². The van der Waals surface area contributed by atoms with E-state index in [0.717, 1.165) is 6.07 Å². The number of para-hydroxylation sites is 1. The van der Waals surface area contributed by atoms with Gasteiger partial charge in [0, 0.05) is 11.4 Å². The monoisotopic (exact) mass is 375 g/mol. The minimum absolute atomic E-state index is 0.00940. The van der Waals surface area contributed by atoms with Crippen molar-refractivity contribution in [2.24, 2.45) is 0 Å². The Morgan fingerprint density at radius 3 is 2.33 bits per heavy atom. The van der Waals surface area contributed by atoms with Crippen LogP contribution in [0, 0.1) is 0 Å². The summed E-state index contributed by atoms with van der Waals surface area (Å²) in [5.74, 6) is -0.604. The van der Waals surface area contributed by atoms with Crippen LogP contribution in [0.3, 0.4) is 0 Å². The highest BCUT2D eigenvalue weighted by atomic mass is 19.4. The SMILES string of the molecule is CC1=C(C(=O)Nc2ccccc2)[C@H](c2ccccc2C(F)(F)F)NC(=O)N1. The molecule has 27 heavy (non-hydrogen) atoms. The van der Waals surface area contributed by atoms with Crippen LogP contribution in [0.2, 0.25) is 0 Å². The zero-order valence-corrected chi connectivity index (χ0v) is 14.2. The zero-order valence-electron chi connectivity index (χ0n) is 14.2. The predicted molar refractivity (Wildman–Crippen MR) is 93.6 cm³/mol. The Kier molecular flexibility index (Phi) is 4.89. The summed E-state index contributed by atoms with van der Waals surface area (Å²) < 4.78 is 40.3. The maximum absolute atomic E-state index is 13.4. The number of amides is 3. The van der Waals surface area contributed by atoms with E-state index in [4.69, 9.17) is 0 Å². The maximum Gasteiger partial charge on any atom is 0.416 e. The first-order valence-electron chi connectivity index (χ1n) is 8.08. The third-order valence-corrected chi connectivity index (χ3v) is 4.12. The van der Waals surface area contributed by atoms with Gasteiger partial charge in [0.15, 0.2) is 0 Å². The molecule has 1 heterocycles. The highest BCUT2D eigenvalue weighted by Crippen LogP contribution is 2.38. The van der Waals surface area contributed by atoms with Crippen molar-refractivity contribution < 1.29 is 22.8 Å². The Labute approximate surface area is 153 Å². The molecule has 140 valence electrons. The summed E-state index contributed by atoms with van der Waals surface area (Å²) in [5.41, 5.74) is -0.417. The molecule has 0 aliphatic carbocycles. The molecular weight excluding hydrogens is 359 g/mol. The van der Waals surface area contributed by atoms with E-state index in [0.29, 0.717) is 5.69 Å². The second kappa shape index (κ2) is 7.14. The average Bonchev–Trinajstić information content (AvgIpc) is 2.61. The fraction of sp³-hybridized carbons (Fsp3) is 0.158. The first kappa shape index (κ1) is 18.5. The fourth-order valence-corrected chi connectivity index (χ4v) is 2.95. The number of carbonyl (C=O) groups is 2. The first-order chi connectivity index (χ1) is 12.8. The lowest BCUT2D eigenvalue weighted by Crippen LogP contribution is -2.46. The van der Waals surface area contributed by atoms with Crippen LogP contribution >= 0.6 is 0 Å². The van der Waals surface area contributed by atoms with Crippen molar-refractivity contribution in [3.05, 3.63) is 77.0 Å². The standard InChI is InChI=1S/C19H16F3N3O2/c1-11-15(17(26)24-12-7-3-2-4-8-12)16(25-18(27)23-11)13-9-5-6-10-14(13)19(20,21)22/h2-10,16H,1H3,(H,24,26)(H2,23,25,27)/t16-/m0/s1. The number of anilines is 1. The number of urea groups is 1. The van der Waals surface area contributed by atoms with Gasteiger partial charge < -0.3 is 16.0 Å². The molecule has 8 heteroatoms. The van der Waals surface area contributed by atoms with Crippen molar-refractivity contribution in [3.8, 4) is 0 Å². The molecule has 0 bridgehead atoms. The molecule has 1 atom stereocenters. The summed E-state index contributed by atoms with van der Waals surface area (Å²) in [7, 11) is 0. The van der Waals surface area contributed by atoms with E-state index in [1.807, 2.05) is 0 Å². The number of benzene rings is 2. The summed E-state index contributed by atoms with van der Waals surface area (Å²) in [6.07, 6.45) is -4.62. The molecule has 2 aromatic carbocycles. The zero-order chi connectivity index (χ0) is 19.6. The molecule has 3 N–H and O–H groups in total. The molecule has 0 spiro atoms. The quantitative estimate of drug-likeness (QED) is 0.760. The lowest BCUT2D eigenvalue weighted by atomic mass is 9.91. The van der Waals surface area contributed by atoms with Gasteiger partial charge in [-0.05, 0) is 30.7 Å². The van der Waals surface area contributed by atoms with Crippen molar-refractivity contribution in [1.29, 1.82) is 0 Å². The highest BCUT2D eigenvalue weighted by Gasteiger charge is 2.39. The minimum Gasteiger partial charge on any atom is -0.327 e. The molecule has 3 amide bonds. The lowest BCUT2D eigenvalue weighted by molar-refractivity contribution is -0.138. The number of hydrogen-bond donors (Lipinski definition) is 3. The minimum atomic E-state index is -4.62. The smallest absolute Gasteiger partial charge is 0.327 e. The summed E-state index contributed by atoms with van der Waals surface area (Å²) in [4.78, 5) is 24.7. The van der Waals surface area contributed by atoms with Gasteiger partial charge >= 0.3 is 12.2 Å². The lowest BCUT2D eigenvalue weighted by Gasteiger charge is -2.30. The van der Waals surface area contributed by atoms with E-state index in [9.17, 15) is 22.8 Å². The third-order valence-electron chi connectivity index (χ3n) is 4.12. The van der Waals surface area contributed by atoms with Crippen LogP contribution in [0.1, 0.15) is 24.1 Å². The summed E-state index contributed by atoms with van der Waals surface area (Å²) in [5, 5.41) is 7.51. The van der Waals surface area contributed by atoms with Crippen LogP contribution in [0.5, 0.6) is 0 Å². The summed E-state index contributed by atoms with van der Waals surface area (Å²) in [6.45, 7) is 1.47. The van der Waals surface area contributed by atoms with Gasteiger partial charge in [-0.2, -0.15) is 13.2 Å². The molecule has 0 radical (unpaired) electrons. The Morgan fingerprint density at radius 1 is 1.04 bits per heavy atom. The number of rotatable bonds is 3. The van der Waals surface area contributed by atoms with Crippen LogP contribution < -0.4 is 16.0 Å². The number of hydrogen-bond acceptors (Lipinski definition) is 2. The molecule has 5 nitrogen and oxygen atoms in total. The van der Waals surface area contributed by atoms with Gasteiger partial charge in [-0.25, -0.2) is 4.79 Å². The van der Waals surface area contributed by atoms with Gasteiger partial charge in [-0.3, -0.25) is 4.79 Å². The van der Waals surface area contributed by atoms with Crippen LogP contribution in [0.4, 0.5) is 23.7 Å². The fourth-order valence-electron chi connectivity index (χ4n) is 2.95. The van der Waals surface area contributed by atoms with E-state index in [1.165, 1.54) is 25.1 Å². The van der Waals surface area contributed by atoms with Crippen molar-refractivity contribution in [2.75, 3.05) is 5.32 Å². The first-order valence-corrected chi connectivity index (χ1v) is 8.08. The molecule has 0 aromatic heterocycles. The largest absolute Gasteiger partial charge is 0.416 e.